The average molecular weight is 164 g/mol. The van der Waals surface area contributed by atoms with Crippen molar-refractivity contribution in [2.45, 2.75) is 12.5 Å². The summed E-state index contributed by atoms with van der Waals surface area (Å²) in [5, 5.41) is 0.359. The molecule has 1 atom stereocenters. The molecular weight excluding hydrogens is 154 g/mol. The number of carbonyl (C=O) groups is 1. The van der Waals surface area contributed by atoms with E-state index in [1.165, 1.54) is 7.11 Å². The van der Waals surface area contributed by atoms with E-state index < -0.39 is 12.0 Å². The van der Waals surface area contributed by atoms with Gasteiger partial charge < -0.3 is 10.5 Å². The van der Waals surface area contributed by atoms with Crippen LogP contribution >= 0.6 is 11.6 Å². The van der Waals surface area contributed by atoms with Crippen LogP contribution in [0.4, 0.5) is 0 Å². The Bertz CT molecular complexity index is 147. The van der Waals surface area contributed by atoms with Gasteiger partial charge in [0.25, 0.3) is 0 Å². The quantitative estimate of drug-likeness (QED) is 0.621. The molecule has 0 aromatic heterocycles. The highest BCUT2D eigenvalue weighted by Gasteiger charge is 2.13. The summed E-state index contributed by atoms with van der Waals surface area (Å²) >= 11 is 5.39. The van der Waals surface area contributed by atoms with E-state index in [0.717, 1.165) is 0 Å². The van der Waals surface area contributed by atoms with Gasteiger partial charge in [0.1, 0.15) is 6.04 Å². The van der Waals surface area contributed by atoms with E-state index in [0.29, 0.717) is 5.03 Å². The molecule has 0 saturated carbocycles. The Labute approximate surface area is 64.8 Å². The zero-order valence-corrected chi connectivity index (χ0v) is 6.52. The molecule has 0 amide bonds. The number of methoxy groups -OCH3 is 1. The van der Waals surface area contributed by atoms with E-state index >= 15 is 0 Å². The van der Waals surface area contributed by atoms with Crippen LogP contribution in [0.2, 0.25) is 0 Å². The maximum absolute atomic E-state index is 10.6. The third kappa shape index (κ3) is 3.48. The van der Waals surface area contributed by atoms with Gasteiger partial charge in [-0.2, -0.15) is 0 Å². The standard InChI is InChI=1S/C6H10ClNO2/c1-4(7)3-5(8)6(9)10-2/h5H,1,3,8H2,2H3. The van der Waals surface area contributed by atoms with Crippen LogP contribution in [0, 0.1) is 0 Å². The Morgan fingerprint density at radius 3 is 2.70 bits per heavy atom. The number of rotatable bonds is 3. The van der Waals surface area contributed by atoms with Gasteiger partial charge in [0.05, 0.1) is 7.11 Å². The van der Waals surface area contributed by atoms with Crippen molar-refractivity contribution < 1.29 is 9.53 Å². The molecule has 0 aliphatic heterocycles. The second kappa shape index (κ2) is 4.30. The van der Waals surface area contributed by atoms with Crippen LogP contribution in [-0.4, -0.2) is 19.1 Å². The first-order valence-electron chi connectivity index (χ1n) is 2.74. The van der Waals surface area contributed by atoms with Gasteiger partial charge in [-0.05, 0) is 0 Å². The van der Waals surface area contributed by atoms with E-state index in [9.17, 15) is 4.79 Å². The molecule has 3 nitrogen and oxygen atoms in total. The lowest BCUT2D eigenvalue weighted by molar-refractivity contribution is -0.142. The Hall–Kier alpha value is -0.540. The molecule has 0 aliphatic rings. The number of halogens is 1. The molecule has 0 spiro atoms. The van der Waals surface area contributed by atoms with Crippen molar-refractivity contribution in [1.29, 1.82) is 0 Å². The highest BCUT2D eigenvalue weighted by molar-refractivity contribution is 6.29. The van der Waals surface area contributed by atoms with Crippen molar-refractivity contribution in [3.63, 3.8) is 0 Å². The molecular formula is C6H10ClNO2. The largest absolute Gasteiger partial charge is 0.468 e. The average Bonchev–Trinajstić information content (AvgIpc) is 1.85. The Balaban J connectivity index is 3.72. The lowest BCUT2D eigenvalue weighted by Gasteiger charge is -2.06. The zero-order chi connectivity index (χ0) is 8.15. The van der Waals surface area contributed by atoms with Gasteiger partial charge in [-0.25, -0.2) is 0 Å². The first kappa shape index (κ1) is 9.46. The third-order valence-corrected chi connectivity index (χ3v) is 1.10. The molecule has 0 rings (SSSR count). The number of hydrogen-bond acceptors (Lipinski definition) is 3. The third-order valence-electron chi connectivity index (χ3n) is 0.945. The van der Waals surface area contributed by atoms with Crippen molar-refractivity contribution >= 4 is 17.6 Å². The van der Waals surface area contributed by atoms with Gasteiger partial charge in [0, 0.05) is 11.5 Å². The molecule has 2 N–H and O–H groups in total. The lowest BCUT2D eigenvalue weighted by atomic mass is 10.2. The number of nitrogens with two attached hydrogens (primary N) is 1. The molecule has 0 aromatic carbocycles. The summed E-state index contributed by atoms with van der Waals surface area (Å²) in [6.07, 6.45) is 0.258. The molecule has 1 unspecified atom stereocenters. The molecule has 10 heavy (non-hydrogen) atoms. The predicted octanol–water partition coefficient (Wildman–Crippen LogP) is 0.629. The van der Waals surface area contributed by atoms with Crippen LogP contribution in [0.25, 0.3) is 0 Å². The minimum Gasteiger partial charge on any atom is -0.468 e. The lowest BCUT2D eigenvalue weighted by Crippen LogP contribution is -2.31. The highest BCUT2D eigenvalue weighted by atomic mass is 35.5. The zero-order valence-electron chi connectivity index (χ0n) is 5.76. The number of esters is 1. The van der Waals surface area contributed by atoms with E-state index in [1.54, 1.807) is 0 Å². The SMILES string of the molecule is C=C(Cl)CC(N)C(=O)OC. The van der Waals surface area contributed by atoms with Crippen LogP contribution in [0.15, 0.2) is 11.6 Å². The van der Waals surface area contributed by atoms with E-state index in [1.807, 2.05) is 0 Å². The Morgan fingerprint density at radius 2 is 2.40 bits per heavy atom. The summed E-state index contributed by atoms with van der Waals surface area (Å²) in [5.41, 5.74) is 5.31. The van der Waals surface area contributed by atoms with Crippen molar-refractivity contribution in [3.05, 3.63) is 11.6 Å². The van der Waals surface area contributed by atoms with Crippen molar-refractivity contribution in [2.75, 3.05) is 7.11 Å². The second-order valence-corrected chi connectivity index (χ2v) is 2.39. The topological polar surface area (TPSA) is 52.3 Å². The Morgan fingerprint density at radius 1 is 1.90 bits per heavy atom. The van der Waals surface area contributed by atoms with E-state index in [2.05, 4.69) is 11.3 Å². The van der Waals surface area contributed by atoms with Gasteiger partial charge in [0.15, 0.2) is 0 Å². The smallest absolute Gasteiger partial charge is 0.323 e. The van der Waals surface area contributed by atoms with E-state index in [4.69, 9.17) is 17.3 Å². The molecule has 0 fully saturated rings. The van der Waals surface area contributed by atoms with Crippen molar-refractivity contribution in [2.24, 2.45) is 5.73 Å². The summed E-state index contributed by atoms with van der Waals surface area (Å²) in [5.74, 6) is -0.471. The molecule has 0 aliphatic carbocycles. The summed E-state index contributed by atoms with van der Waals surface area (Å²) < 4.78 is 4.35. The summed E-state index contributed by atoms with van der Waals surface area (Å²) in [6, 6.07) is -0.685. The van der Waals surface area contributed by atoms with Crippen LogP contribution < -0.4 is 5.73 Å². The summed E-state index contributed by atoms with van der Waals surface area (Å²) in [4.78, 5) is 10.6. The molecule has 0 aromatic rings. The van der Waals surface area contributed by atoms with Crippen LogP contribution in [0.5, 0.6) is 0 Å². The highest BCUT2D eigenvalue weighted by Crippen LogP contribution is 2.05. The monoisotopic (exact) mass is 163 g/mol. The minimum absolute atomic E-state index is 0.258. The van der Waals surface area contributed by atoms with Gasteiger partial charge in [-0.3, -0.25) is 4.79 Å². The Kier molecular flexibility index (Phi) is 4.07. The molecule has 0 heterocycles. The summed E-state index contributed by atoms with van der Waals surface area (Å²) in [6.45, 7) is 3.39. The van der Waals surface area contributed by atoms with Crippen molar-refractivity contribution in [3.8, 4) is 0 Å². The molecule has 58 valence electrons. The predicted molar refractivity (Wildman–Crippen MR) is 39.6 cm³/mol. The first-order chi connectivity index (χ1) is 4.57. The van der Waals surface area contributed by atoms with E-state index in [-0.39, 0.29) is 6.42 Å². The molecule has 0 bridgehead atoms. The number of ether oxygens (including phenoxy) is 1. The van der Waals surface area contributed by atoms with Gasteiger partial charge >= 0.3 is 5.97 Å². The number of hydrogen-bond donors (Lipinski definition) is 1. The molecule has 0 saturated heterocycles. The number of carbonyl (C=O) groups excluding carboxylic acids is 1. The van der Waals surface area contributed by atoms with Crippen LogP contribution in [-0.2, 0) is 9.53 Å². The fraction of sp³-hybridized carbons (Fsp3) is 0.500. The van der Waals surface area contributed by atoms with Gasteiger partial charge in [-0.1, -0.05) is 18.2 Å². The fourth-order valence-corrected chi connectivity index (χ4v) is 0.640. The maximum atomic E-state index is 10.6. The normalized spacial score (nSPS) is 12.3. The van der Waals surface area contributed by atoms with Gasteiger partial charge in [0.2, 0.25) is 0 Å². The van der Waals surface area contributed by atoms with Crippen LogP contribution in [0.1, 0.15) is 6.42 Å². The fourth-order valence-electron chi connectivity index (χ4n) is 0.473. The molecule has 0 radical (unpaired) electrons. The molecule has 4 heteroatoms. The maximum Gasteiger partial charge on any atom is 0.323 e. The van der Waals surface area contributed by atoms with Gasteiger partial charge in [-0.15, -0.1) is 0 Å². The second-order valence-electron chi connectivity index (χ2n) is 1.85. The minimum atomic E-state index is -0.685. The van der Waals surface area contributed by atoms with Crippen molar-refractivity contribution in [1.82, 2.24) is 0 Å². The first-order valence-corrected chi connectivity index (χ1v) is 3.12. The summed E-state index contributed by atoms with van der Waals surface area (Å²) in [7, 11) is 1.28. The van der Waals surface area contributed by atoms with Crippen LogP contribution in [0.3, 0.4) is 0 Å².